The number of nitrogens with zero attached hydrogens (tertiary/aromatic N) is 3. The second-order valence-corrected chi connectivity index (χ2v) is 6.94. The average Bonchev–Trinajstić information content (AvgIpc) is 2.73. The highest BCUT2D eigenvalue weighted by Crippen LogP contribution is 2.31. The number of hydrogen-bond donors (Lipinski definition) is 1. The van der Waals surface area contributed by atoms with Gasteiger partial charge in [0.05, 0.1) is 12.2 Å². The predicted molar refractivity (Wildman–Crippen MR) is 88.0 cm³/mol. The summed E-state index contributed by atoms with van der Waals surface area (Å²) in [5.41, 5.74) is 7.73. The van der Waals surface area contributed by atoms with Crippen LogP contribution in [0.25, 0.3) is 0 Å². The summed E-state index contributed by atoms with van der Waals surface area (Å²) in [5, 5.41) is 4.35. The van der Waals surface area contributed by atoms with Gasteiger partial charge in [-0.2, -0.15) is 5.10 Å². The molecule has 1 aromatic heterocycles. The van der Waals surface area contributed by atoms with Gasteiger partial charge in [0.2, 0.25) is 0 Å². The summed E-state index contributed by atoms with van der Waals surface area (Å²) < 4.78 is 1.89. The quantitative estimate of drug-likeness (QED) is 0.907. The lowest BCUT2D eigenvalue weighted by Gasteiger charge is -2.34. The molecule has 1 saturated heterocycles. The number of aryl methyl sites for hydroxylation is 1. The summed E-state index contributed by atoms with van der Waals surface area (Å²) in [5.74, 6) is 1.66. The molecule has 1 aliphatic heterocycles. The predicted octanol–water partition coefficient (Wildman–Crippen LogP) is 2.96. The largest absolute Gasteiger partial charge is 0.326 e. The van der Waals surface area contributed by atoms with Crippen LogP contribution in [0.5, 0.6) is 0 Å². The van der Waals surface area contributed by atoms with Crippen molar-refractivity contribution in [2.75, 3.05) is 13.1 Å². The molecular formula is C17H32N4. The van der Waals surface area contributed by atoms with E-state index in [0.29, 0.717) is 6.04 Å². The highest BCUT2D eigenvalue weighted by Gasteiger charge is 2.29. The van der Waals surface area contributed by atoms with Crippen molar-refractivity contribution in [2.45, 2.75) is 58.5 Å². The molecule has 0 amide bonds. The zero-order valence-corrected chi connectivity index (χ0v) is 14.1. The molecule has 1 fully saturated rings. The Balaban J connectivity index is 2.13. The molecule has 3 unspecified atom stereocenters. The third-order valence-electron chi connectivity index (χ3n) is 5.09. The van der Waals surface area contributed by atoms with Crippen molar-refractivity contribution >= 4 is 0 Å². The minimum absolute atomic E-state index is 0.185. The van der Waals surface area contributed by atoms with Crippen molar-refractivity contribution in [1.29, 1.82) is 0 Å². The molecular weight excluding hydrogens is 260 g/mol. The maximum absolute atomic E-state index is 6.46. The molecule has 0 aliphatic carbocycles. The SMILES string of the molecule is CCC(N)C(c1cnn(C)c1)N1CCCC(C(C)C)CC1. The molecule has 3 atom stereocenters. The van der Waals surface area contributed by atoms with Gasteiger partial charge in [0.25, 0.3) is 0 Å². The van der Waals surface area contributed by atoms with Crippen molar-refractivity contribution in [1.82, 2.24) is 14.7 Å². The molecule has 1 aliphatic rings. The summed E-state index contributed by atoms with van der Waals surface area (Å²) in [6, 6.07) is 0.499. The lowest BCUT2D eigenvalue weighted by molar-refractivity contribution is 0.171. The first-order valence-electron chi connectivity index (χ1n) is 8.51. The lowest BCUT2D eigenvalue weighted by Crippen LogP contribution is -2.41. The third-order valence-corrected chi connectivity index (χ3v) is 5.09. The maximum atomic E-state index is 6.46. The highest BCUT2D eigenvalue weighted by atomic mass is 15.3. The summed E-state index contributed by atoms with van der Waals surface area (Å²) in [6.45, 7) is 9.22. The fourth-order valence-electron chi connectivity index (χ4n) is 3.63. The molecule has 120 valence electrons. The number of aromatic nitrogens is 2. The van der Waals surface area contributed by atoms with Crippen LogP contribution in [0, 0.1) is 11.8 Å². The number of rotatable bonds is 5. The normalized spacial score (nSPS) is 24.0. The maximum Gasteiger partial charge on any atom is 0.0538 e. The Bertz CT molecular complexity index is 426. The van der Waals surface area contributed by atoms with Crippen LogP contribution in [0.3, 0.4) is 0 Å². The molecule has 0 spiro atoms. The van der Waals surface area contributed by atoms with Crippen molar-refractivity contribution in [2.24, 2.45) is 24.6 Å². The first kappa shape index (κ1) is 16.5. The molecule has 2 heterocycles. The van der Waals surface area contributed by atoms with Crippen molar-refractivity contribution < 1.29 is 0 Å². The molecule has 0 radical (unpaired) electrons. The number of likely N-dealkylation sites (tertiary alicyclic amines) is 1. The zero-order chi connectivity index (χ0) is 15.4. The van der Waals surface area contributed by atoms with E-state index in [9.17, 15) is 0 Å². The second kappa shape index (κ2) is 7.41. The Morgan fingerprint density at radius 2 is 2.10 bits per heavy atom. The van der Waals surface area contributed by atoms with Crippen LogP contribution in [-0.2, 0) is 7.05 Å². The van der Waals surface area contributed by atoms with Crippen molar-refractivity contribution in [3.05, 3.63) is 18.0 Å². The van der Waals surface area contributed by atoms with Gasteiger partial charge >= 0.3 is 0 Å². The molecule has 21 heavy (non-hydrogen) atoms. The number of hydrogen-bond acceptors (Lipinski definition) is 3. The van der Waals surface area contributed by atoms with E-state index in [-0.39, 0.29) is 6.04 Å². The Kier molecular flexibility index (Phi) is 5.82. The summed E-state index contributed by atoms with van der Waals surface area (Å²) in [6.07, 6.45) is 9.07. The van der Waals surface area contributed by atoms with Gasteiger partial charge in [0, 0.05) is 24.8 Å². The van der Waals surface area contributed by atoms with Gasteiger partial charge in [0.15, 0.2) is 0 Å². The van der Waals surface area contributed by atoms with Crippen LogP contribution in [-0.4, -0.2) is 33.8 Å². The van der Waals surface area contributed by atoms with Crippen LogP contribution in [0.4, 0.5) is 0 Å². The Morgan fingerprint density at radius 3 is 2.67 bits per heavy atom. The van der Waals surface area contributed by atoms with Gasteiger partial charge in [-0.1, -0.05) is 20.8 Å². The monoisotopic (exact) mass is 292 g/mol. The molecule has 2 rings (SSSR count). The van der Waals surface area contributed by atoms with Crippen molar-refractivity contribution in [3.63, 3.8) is 0 Å². The fourth-order valence-corrected chi connectivity index (χ4v) is 3.63. The van der Waals surface area contributed by atoms with E-state index >= 15 is 0 Å². The Morgan fingerprint density at radius 1 is 1.33 bits per heavy atom. The summed E-state index contributed by atoms with van der Waals surface area (Å²) in [7, 11) is 1.98. The van der Waals surface area contributed by atoms with Crippen LogP contribution >= 0.6 is 0 Å². The van der Waals surface area contributed by atoms with Gasteiger partial charge in [-0.15, -0.1) is 0 Å². The molecule has 4 heteroatoms. The van der Waals surface area contributed by atoms with Gasteiger partial charge in [-0.3, -0.25) is 9.58 Å². The van der Waals surface area contributed by atoms with Gasteiger partial charge < -0.3 is 5.73 Å². The van der Waals surface area contributed by atoms with Crippen LogP contribution in [0.15, 0.2) is 12.4 Å². The smallest absolute Gasteiger partial charge is 0.0538 e. The van der Waals surface area contributed by atoms with E-state index in [1.54, 1.807) is 0 Å². The topological polar surface area (TPSA) is 47.1 Å². The minimum Gasteiger partial charge on any atom is -0.326 e. The lowest BCUT2D eigenvalue weighted by atomic mass is 9.89. The van der Waals surface area contributed by atoms with Crippen LogP contribution in [0.2, 0.25) is 0 Å². The molecule has 4 nitrogen and oxygen atoms in total. The molecule has 0 aromatic carbocycles. The molecule has 0 saturated carbocycles. The van der Waals surface area contributed by atoms with Gasteiger partial charge in [-0.25, -0.2) is 0 Å². The van der Waals surface area contributed by atoms with E-state index in [1.807, 2.05) is 17.9 Å². The van der Waals surface area contributed by atoms with Gasteiger partial charge in [0.1, 0.15) is 0 Å². The molecule has 0 bridgehead atoms. The Labute approximate surface area is 129 Å². The average molecular weight is 292 g/mol. The number of nitrogens with two attached hydrogens (primary N) is 1. The minimum atomic E-state index is 0.185. The van der Waals surface area contributed by atoms with E-state index in [4.69, 9.17) is 5.73 Å². The highest BCUT2D eigenvalue weighted by molar-refractivity contribution is 5.13. The van der Waals surface area contributed by atoms with E-state index < -0.39 is 0 Å². The van der Waals surface area contributed by atoms with E-state index in [2.05, 4.69) is 37.0 Å². The summed E-state index contributed by atoms with van der Waals surface area (Å²) in [4.78, 5) is 2.60. The van der Waals surface area contributed by atoms with Crippen molar-refractivity contribution in [3.8, 4) is 0 Å². The van der Waals surface area contributed by atoms with E-state index in [0.717, 1.165) is 31.3 Å². The first-order chi connectivity index (χ1) is 10.0. The standard InChI is InChI=1S/C17H32N4/c1-5-16(18)17(15-11-19-20(4)12-15)21-9-6-7-14(8-10-21)13(2)3/h11-14,16-17H,5-10,18H2,1-4H3. The second-order valence-electron chi connectivity index (χ2n) is 6.94. The Hall–Kier alpha value is -0.870. The first-order valence-corrected chi connectivity index (χ1v) is 8.51. The van der Waals surface area contributed by atoms with Gasteiger partial charge in [-0.05, 0) is 50.6 Å². The molecule has 1 aromatic rings. The molecule has 2 N–H and O–H groups in total. The fraction of sp³-hybridized carbons (Fsp3) is 0.824. The summed E-state index contributed by atoms with van der Waals surface area (Å²) >= 11 is 0. The van der Waals surface area contributed by atoms with Crippen LogP contribution < -0.4 is 5.73 Å². The van der Waals surface area contributed by atoms with Crippen LogP contribution in [0.1, 0.15) is 58.1 Å². The zero-order valence-electron chi connectivity index (χ0n) is 14.1. The van der Waals surface area contributed by atoms with E-state index in [1.165, 1.54) is 24.8 Å². The third kappa shape index (κ3) is 4.07.